The van der Waals surface area contributed by atoms with Gasteiger partial charge >= 0.3 is 0 Å². The van der Waals surface area contributed by atoms with Crippen LogP contribution in [0.1, 0.15) is 20.8 Å². The highest BCUT2D eigenvalue weighted by Gasteiger charge is 2.09. The van der Waals surface area contributed by atoms with Gasteiger partial charge in [0.15, 0.2) is 0 Å². The van der Waals surface area contributed by atoms with E-state index in [2.05, 4.69) is 20.8 Å². The van der Waals surface area contributed by atoms with E-state index in [1.807, 2.05) is 0 Å². The Morgan fingerprint density at radius 1 is 0.667 bits per heavy atom. The second-order valence-electron chi connectivity index (χ2n) is 5.17. The highest BCUT2D eigenvalue weighted by Crippen LogP contribution is 2.12. The van der Waals surface area contributed by atoms with Gasteiger partial charge < -0.3 is 24.1 Å². The van der Waals surface area contributed by atoms with Crippen LogP contribution < -0.4 is 0 Å². The molecule has 0 spiro atoms. The van der Waals surface area contributed by atoms with Crippen LogP contribution in [0.2, 0.25) is 0 Å². The van der Waals surface area contributed by atoms with E-state index < -0.39 is 0 Å². The topological polar surface area (TPSA) is 57.2 Å². The first-order chi connectivity index (χ1) is 8.56. The molecule has 0 heterocycles. The standard InChI is InChI=1S/C13H28O5/c1-13(2,3)12-18-11-10-17-9-8-16-7-6-15-5-4-14/h14H,4-12H2,1-3H3. The van der Waals surface area contributed by atoms with Gasteiger partial charge in [0.2, 0.25) is 0 Å². The van der Waals surface area contributed by atoms with Gasteiger partial charge in [0.25, 0.3) is 0 Å². The molecule has 0 atom stereocenters. The minimum atomic E-state index is 0.0533. The Bertz CT molecular complexity index is 167. The van der Waals surface area contributed by atoms with Gasteiger partial charge in [-0.2, -0.15) is 0 Å². The summed E-state index contributed by atoms with van der Waals surface area (Å²) >= 11 is 0. The van der Waals surface area contributed by atoms with Crippen LogP contribution in [0.25, 0.3) is 0 Å². The molecule has 0 rings (SSSR count). The molecule has 0 bridgehead atoms. The summed E-state index contributed by atoms with van der Waals surface area (Å²) in [5.74, 6) is 0. The van der Waals surface area contributed by atoms with Gasteiger partial charge in [0.05, 0.1) is 59.5 Å². The molecule has 0 aliphatic carbocycles. The molecule has 0 radical (unpaired) electrons. The van der Waals surface area contributed by atoms with Gasteiger partial charge in [-0.05, 0) is 5.41 Å². The van der Waals surface area contributed by atoms with E-state index in [0.717, 1.165) is 6.61 Å². The molecular weight excluding hydrogens is 236 g/mol. The minimum Gasteiger partial charge on any atom is -0.394 e. The van der Waals surface area contributed by atoms with Crippen molar-refractivity contribution in [2.24, 2.45) is 5.41 Å². The van der Waals surface area contributed by atoms with E-state index in [0.29, 0.717) is 46.2 Å². The monoisotopic (exact) mass is 264 g/mol. The predicted molar refractivity (Wildman–Crippen MR) is 69.8 cm³/mol. The van der Waals surface area contributed by atoms with Crippen LogP contribution in [-0.4, -0.2) is 64.6 Å². The van der Waals surface area contributed by atoms with Crippen molar-refractivity contribution in [2.75, 3.05) is 59.5 Å². The largest absolute Gasteiger partial charge is 0.394 e. The highest BCUT2D eigenvalue weighted by atomic mass is 16.6. The molecular formula is C13H28O5. The average Bonchev–Trinajstić information content (AvgIpc) is 2.29. The van der Waals surface area contributed by atoms with Crippen LogP contribution in [0.15, 0.2) is 0 Å². The summed E-state index contributed by atoms with van der Waals surface area (Å²) in [6.45, 7) is 11.0. The quantitative estimate of drug-likeness (QED) is 0.535. The SMILES string of the molecule is CC(C)(C)COCCOCCOCCOCCO. The van der Waals surface area contributed by atoms with E-state index in [-0.39, 0.29) is 12.0 Å². The fourth-order valence-corrected chi connectivity index (χ4v) is 1.10. The van der Waals surface area contributed by atoms with Crippen molar-refractivity contribution in [3.63, 3.8) is 0 Å². The summed E-state index contributed by atoms with van der Waals surface area (Å²) in [5.41, 5.74) is 0.206. The minimum absolute atomic E-state index is 0.0533. The number of aliphatic hydroxyl groups excluding tert-OH is 1. The Morgan fingerprint density at radius 3 is 1.44 bits per heavy atom. The molecule has 0 aliphatic rings. The van der Waals surface area contributed by atoms with Gasteiger partial charge in [-0.25, -0.2) is 0 Å². The zero-order chi connectivity index (χ0) is 13.7. The molecule has 0 unspecified atom stereocenters. The van der Waals surface area contributed by atoms with Crippen LogP contribution in [0.4, 0.5) is 0 Å². The first-order valence-corrected chi connectivity index (χ1v) is 6.48. The predicted octanol–water partition coefficient (Wildman–Crippen LogP) is 1.09. The zero-order valence-electron chi connectivity index (χ0n) is 11.9. The normalized spacial score (nSPS) is 12.0. The summed E-state index contributed by atoms with van der Waals surface area (Å²) in [6, 6.07) is 0. The van der Waals surface area contributed by atoms with Crippen molar-refractivity contribution in [1.29, 1.82) is 0 Å². The molecule has 0 saturated heterocycles. The third-order valence-corrected chi connectivity index (χ3v) is 1.89. The fourth-order valence-electron chi connectivity index (χ4n) is 1.10. The van der Waals surface area contributed by atoms with Crippen LogP contribution in [0.5, 0.6) is 0 Å². The molecule has 1 N–H and O–H groups in total. The lowest BCUT2D eigenvalue weighted by molar-refractivity contribution is -0.0132. The van der Waals surface area contributed by atoms with E-state index >= 15 is 0 Å². The molecule has 5 nitrogen and oxygen atoms in total. The van der Waals surface area contributed by atoms with Crippen LogP contribution in [-0.2, 0) is 18.9 Å². The molecule has 0 amide bonds. The lowest BCUT2D eigenvalue weighted by Gasteiger charge is -2.17. The second kappa shape index (κ2) is 11.9. The fraction of sp³-hybridized carbons (Fsp3) is 1.00. The number of hydrogen-bond acceptors (Lipinski definition) is 5. The summed E-state index contributed by atoms with van der Waals surface area (Å²) in [4.78, 5) is 0. The maximum atomic E-state index is 8.46. The molecule has 0 saturated carbocycles. The Kier molecular flexibility index (Phi) is 11.7. The molecule has 18 heavy (non-hydrogen) atoms. The molecule has 0 aromatic rings. The lowest BCUT2D eigenvalue weighted by atomic mass is 9.99. The third kappa shape index (κ3) is 15.8. The van der Waals surface area contributed by atoms with Crippen molar-refractivity contribution in [3.05, 3.63) is 0 Å². The first-order valence-electron chi connectivity index (χ1n) is 6.48. The first kappa shape index (κ1) is 17.8. The van der Waals surface area contributed by atoms with Gasteiger partial charge in [0, 0.05) is 0 Å². The van der Waals surface area contributed by atoms with Gasteiger partial charge in [0.1, 0.15) is 0 Å². The number of aliphatic hydroxyl groups is 1. The van der Waals surface area contributed by atoms with Crippen molar-refractivity contribution < 1.29 is 24.1 Å². The van der Waals surface area contributed by atoms with E-state index in [9.17, 15) is 0 Å². The summed E-state index contributed by atoms with van der Waals surface area (Å²) in [5, 5.41) is 8.46. The molecule has 5 heteroatoms. The Morgan fingerprint density at radius 2 is 1.06 bits per heavy atom. The molecule has 0 aromatic carbocycles. The number of rotatable bonds is 12. The lowest BCUT2D eigenvalue weighted by Crippen LogP contribution is -2.17. The van der Waals surface area contributed by atoms with E-state index in [4.69, 9.17) is 24.1 Å². The Hall–Kier alpha value is -0.200. The van der Waals surface area contributed by atoms with Crippen LogP contribution in [0, 0.1) is 5.41 Å². The molecule has 0 fully saturated rings. The Labute approximate surface area is 110 Å². The van der Waals surface area contributed by atoms with E-state index in [1.165, 1.54) is 0 Å². The maximum absolute atomic E-state index is 8.46. The van der Waals surface area contributed by atoms with Crippen molar-refractivity contribution in [1.82, 2.24) is 0 Å². The van der Waals surface area contributed by atoms with Crippen molar-refractivity contribution in [2.45, 2.75) is 20.8 Å². The van der Waals surface area contributed by atoms with Gasteiger partial charge in [-0.3, -0.25) is 0 Å². The van der Waals surface area contributed by atoms with Crippen LogP contribution >= 0.6 is 0 Å². The van der Waals surface area contributed by atoms with Crippen LogP contribution in [0.3, 0.4) is 0 Å². The smallest absolute Gasteiger partial charge is 0.0701 e. The molecule has 0 aliphatic heterocycles. The zero-order valence-corrected chi connectivity index (χ0v) is 11.9. The molecule has 110 valence electrons. The number of ether oxygens (including phenoxy) is 4. The van der Waals surface area contributed by atoms with Crippen molar-refractivity contribution >= 4 is 0 Å². The second-order valence-corrected chi connectivity index (χ2v) is 5.17. The Balaban J connectivity index is 2.99. The van der Waals surface area contributed by atoms with Gasteiger partial charge in [-0.1, -0.05) is 20.8 Å². The summed E-state index contributed by atoms with van der Waals surface area (Å²) < 4.78 is 21.1. The third-order valence-electron chi connectivity index (χ3n) is 1.89. The van der Waals surface area contributed by atoms with E-state index in [1.54, 1.807) is 0 Å². The summed E-state index contributed by atoms with van der Waals surface area (Å²) in [7, 11) is 0. The molecule has 0 aromatic heterocycles. The summed E-state index contributed by atoms with van der Waals surface area (Å²) in [6.07, 6.45) is 0. The highest BCUT2D eigenvalue weighted by molar-refractivity contribution is 4.58. The maximum Gasteiger partial charge on any atom is 0.0701 e. The average molecular weight is 264 g/mol. The van der Waals surface area contributed by atoms with Gasteiger partial charge in [-0.15, -0.1) is 0 Å². The van der Waals surface area contributed by atoms with Crippen molar-refractivity contribution in [3.8, 4) is 0 Å². The number of hydrogen-bond donors (Lipinski definition) is 1.